The highest BCUT2D eigenvalue weighted by Gasteiger charge is 2.49. The number of esters is 13. The van der Waals surface area contributed by atoms with E-state index in [2.05, 4.69) is 21.6 Å². The average Bonchev–Trinajstić information content (AvgIpc) is 1.73. The van der Waals surface area contributed by atoms with Gasteiger partial charge < -0.3 is 108 Å². The maximum atomic E-state index is 15.2. The molecule has 1 aliphatic heterocycles. The zero-order valence-electron chi connectivity index (χ0n) is 72.5. The molecule has 1 saturated heterocycles. The summed E-state index contributed by atoms with van der Waals surface area (Å²) >= 11 is 0. The molecule has 0 saturated carbocycles. The Kier molecular flexibility index (Phi) is 47.3. The number of hydroxylamine groups is 2. The summed E-state index contributed by atoms with van der Waals surface area (Å²) in [5, 5.41) is 70.9. The smallest absolute Gasteiger partial charge is 0.320 e. The predicted molar refractivity (Wildman–Crippen MR) is 437 cm³/mol. The average molecular weight is 1810 g/mol. The van der Waals surface area contributed by atoms with Gasteiger partial charge in [0, 0.05) is 119 Å². The van der Waals surface area contributed by atoms with Gasteiger partial charge in [0.1, 0.15) is 64.1 Å². The number of amides is 2. The predicted octanol–water partition coefficient (Wildman–Crippen LogP) is -1.69. The normalized spacial score (nSPS) is 16.7. The van der Waals surface area contributed by atoms with Crippen molar-refractivity contribution >= 4 is 89.4 Å². The van der Waals surface area contributed by atoms with Gasteiger partial charge >= 0.3 is 77.6 Å². The molecule has 5 rings (SSSR count). The Morgan fingerprint density at radius 2 is 0.805 bits per heavy atom. The van der Waals surface area contributed by atoms with Crippen LogP contribution < -0.4 is 21.6 Å². The Hall–Kier alpha value is -11.6. The molecular formula is C85H115N7O36. The van der Waals surface area contributed by atoms with E-state index in [4.69, 9.17) is 71.3 Å². The van der Waals surface area contributed by atoms with E-state index < -0.39 is 252 Å². The number of ether oxygens (including phenoxy) is 13. The van der Waals surface area contributed by atoms with Crippen LogP contribution in [-0.4, -0.2) is 319 Å². The maximum Gasteiger partial charge on any atom is 0.320 e. The first-order chi connectivity index (χ1) is 60.9. The molecule has 4 aromatic carbocycles. The van der Waals surface area contributed by atoms with Crippen LogP contribution in [0.4, 0.5) is 0 Å². The van der Waals surface area contributed by atoms with Crippen LogP contribution >= 0.6 is 0 Å². The number of carbonyl (C=O) groups excluding carboxylic acids is 15. The van der Waals surface area contributed by atoms with E-state index in [9.17, 15) is 97.8 Å². The summed E-state index contributed by atoms with van der Waals surface area (Å²) in [7, 11) is 0. The minimum absolute atomic E-state index is 0.00363. The van der Waals surface area contributed by atoms with Crippen molar-refractivity contribution in [3.8, 4) is 0 Å². The highest BCUT2D eigenvalue weighted by atomic mass is 16.7. The molecule has 706 valence electrons. The van der Waals surface area contributed by atoms with Gasteiger partial charge in [-0.25, -0.2) is 11.0 Å². The first-order valence-corrected chi connectivity index (χ1v) is 40.6. The van der Waals surface area contributed by atoms with Crippen molar-refractivity contribution in [2.45, 2.75) is 181 Å². The number of hydrogen-bond acceptors (Lipinski definition) is 41. The number of aliphatic hydroxyl groups is 6. The third-order valence-corrected chi connectivity index (χ3v) is 19.0. The van der Waals surface area contributed by atoms with Gasteiger partial charge in [-0.3, -0.25) is 91.5 Å². The Morgan fingerprint density at radius 1 is 0.406 bits per heavy atom. The summed E-state index contributed by atoms with van der Waals surface area (Å²) in [6.45, 7) is -3.24. The van der Waals surface area contributed by atoms with E-state index in [-0.39, 0.29) is 72.1 Å². The van der Waals surface area contributed by atoms with Crippen molar-refractivity contribution in [1.82, 2.24) is 36.3 Å². The van der Waals surface area contributed by atoms with Crippen LogP contribution in [0.25, 0.3) is 0 Å². The number of nitrogens with one attached hydrogen (secondary N) is 4. The van der Waals surface area contributed by atoms with Crippen LogP contribution in [0.2, 0.25) is 0 Å². The molecular weight excluding hydrogens is 1690 g/mol. The standard InChI is InChI=1S/C85H115N7O36/c1-52(95)114-46-67(105)77(124-56(5)99)74(110)69(122-54(3)97)47-120-89-51-85(48-86-82(112)79(126-58(7)101)75(111)76(66(104)40-93)123-55(4)98,49-87-83(113)81(128-60(9)103)80(127-59(8)102)78(125-57(6)100)68(41-94)121-53(2)96)50-88-119-34-22-31-65-35-90(36-70(106)115-42-61-23-14-10-15-24-61)32-33-91(37-71(107)116-43-62-25-16-11-17-26-62)84(65)92(38-72(108)117-44-63-27-18-12-19-28-63)39-73(109)118-45-64-29-20-13-21-30-64/h10-21,23-30,65-69,74-81,84,88-89,93-94,104-105,110-111H,22,31-51H2,1-9H3,(H,86,112)(H,87,113). The second kappa shape index (κ2) is 56.6. The van der Waals surface area contributed by atoms with Crippen LogP contribution in [0.5, 0.6) is 0 Å². The molecule has 43 nitrogen and oxygen atoms in total. The molecule has 1 heterocycles. The summed E-state index contributed by atoms with van der Waals surface area (Å²) < 4.78 is 70.6. The van der Waals surface area contributed by atoms with Crippen molar-refractivity contribution in [1.29, 1.82) is 0 Å². The van der Waals surface area contributed by atoms with Crippen LogP contribution in [0.15, 0.2) is 121 Å². The molecule has 2 amide bonds. The van der Waals surface area contributed by atoms with Crippen LogP contribution in [0.1, 0.15) is 97.4 Å². The molecule has 0 bridgehead atoms. The van der Waals surface area contributed by atoms with Gasteiger partial charge in [0.05, 0.1) is 52.2 Å². The van der Waals surface area contributed by atoms with E-state index in [1.165, 1.54) is 4.90 Å². The van der Waals surface area contributed by atoms with Crippen LogP contribution in [0.3, 0.4) is 0 Å². The van der Waals surface area contributed by atoms with Crippen LogP contribution in [-0.2, 0) is 170 Å². The molecule has 15 unspecified atom stereocenters. The largest absolute Gasteiger partial charge is 0.463 e. The van der Waals surface area contributed by atoms with E-state index in [0.717, 1.165) is 62.3 Å². The van der Waals surface area contributed by atoms with Crippen LogP contribution in [0, 0.1) is 11.3 Å². The second-order valence-corrected chi connectivity index (χ2v) is 29.7. The minimum Gasteiger partial charge on any atom is -0.463 e. The van der Waals surface area contributed by atoms with Gasteiger partial charge in [0.25, 0.3) is 11.8 Å². The third kappa shape index (κ3) is 39.7. The lowest BCUT2D eigenvalue weighted by molar-refractivity contribution is -0.201. The lowest BCUT2D eigenvalue weighted by atomic mass is 9.87. The molecule has 10 N–H and O–H groups in total. The molecule has 0 radical (unpaired) electrons. The molecule has 128 heavy (non-hydrogen) atoms. The lowest BCUT2D eigenvalue weighted by Gasteiger charge is -2.41. The van der Waals surface area contributed by atoms with E-state index in [1.54, 1.807) is 131 Å². The number of nitrogens with zero attached hydrogens (tertiary/aromatic N) is 3. The summed E-state index contributed by atoms with van der Waals surface area (Å²) in [6.07, 6.45) is -27.8. The fraction of sp³-hybridized carbons (Fsp3) is 0.541. The van der Waals surface area contributed by atoms with E-state index in [1.807, 2.05) is 0 Å². The van der Waals surface area contributed by atoms with Crippen molar-refractivity contribution in [3.63, 3.8) is 0 Å². The zero-order valence-corrected chi connectivity index (χ0v) is 72.5. The van der Waals surface area contributed by atoms with Gasteiger partial charge in [-0.1, -0.05) is 121 Å². The molecule has 1 aliphatic rings. The van der Waals surface area contributed by atoms with Crippen molar-refractivity contribution in [2.24, 2.45) is 11.3 Å². The summed E-state index contributed by atoms with van der Waals surface area (Å²) in [5.41, 5.74) is 5.69. The van der Waals surface area contributed by atoms with E-state index >= 15 is 4.79 Å². The minimum atomic E-state index is -2.53. The molecule has 4 aromatic rings. The first kappa shape index (κ1) is 107. The number of rotatable bonds is 56. The topological polar surface area (TPSA) is 574 Å². The Balaban J connectivity index is 1.72. The maximum absolute atomic E-state index is 15.2. The fourth-order valence-electron chi connectivity index (χ4n) is 13.2. The summed E-state index contributed by atoms with van der Waals surface area (Å²) in [6, 6.07) is 35.0. The number of carbonyl (C=O) groups is 15. The molecule has 43 heteroatoms. The van der Waals surface area contributed by atoms with Crippen molar-refractivity contribution in [3.05, 3.63) is 144 Å². The lowest BCUT2D eigenvalue weighted by Crippen LogP contribution is -2.61. The summed E-state index contributed by atoms with van der Waals surface area (Å²) in [4.78, 5) is 218. The number of benzene rings is 4. The molecule has 0 aromatic heterocycles. The van der Waals surface area contributed by atoms with Crippen molar-refractivity contribution < 1.29 is 174 Å². The second-order valence-electron chi connectivity index (χ2n) is 29.7. The highest BCUT2D eigenvalue weighted by Crippen LogP contribution is 2.29. The SMILES string of the molecule is CC(=O)OCC(O)C(OC(C)=O)C(O)C(CONCC(CNOCCCC1CN(CC(=O)OCc2ccccc2)CCN(CC(=O)OCc2ccccc2)C1N(CC(=O)OCc1ccccc1)CC(=O)OCc1ccccc1)(CNC(=O)C(OC(C)=O)C(O)C(OC(C)=O)C(O)CO)CNC(=O)C(OC(C)=O)C(OC(C)=O)C(OC(C)=O)C(CO)OC(C)=O)OC(C)=O. The highest BCUT2D eigenvalue weighted by molar-refractivity contribution is 5.86. The number of hydrogen-bond donors (Lipinski definition) is 10. The Bertz CT molecular complexity index is 4140. The summed E-state index contributed by atoms with van der Waals surface area (Å²) in [5.74, 6) is -17.3. The molecule has 15 atom stereocenters. The monoisotopic (exact) mass is 1810 g/mol. The Morgan fingerprint density at radius 3 is 1.24 bits per heavy atom. The molecule has 0 spiro atoms. The van der Waals surface area contributed by atoms with E-state index in [0.29, 0.717) is 22.3 Å². The number of aliphatic hydroxyl groups excluding tert-OH is 6. The first-order valence-electron chi connectivity index (χ1n) is 40.6. The van der Waals surface area contributed by atoms with Gasteiger partial charge in [0.2, 0.25) is 12.2 Å². The fourth-order valence-corrected chi connectivity index (χ4v) is 13.2. The molecule has 1 fully saturated rings. The van der Waals surface area contributed by atoms with Gasteiger partial charge in [-0.2, -0.15) is 0 Å². The molecule has 0 aliphatic carbocycles. The quantitative estimate of drug-likeness (QED) is 0.0102. The van der Waals surface area contributed by atoms with Crippen molar-refractivity contribution in [2.75, 3.05) is 105 Å². The zero-order chi connectivity index (χ0) is 94.4. The van der Waals surface area contributed by atoms with Gasteiger partial charge in [0.15, 0.2) is 36.6 Å². The van der Waals surface area contributed by atoms with Gasteiger partial charge in [-0.15, -0.1) is 0 Å². The van der Waals surface area contributed by atoms with Gasteiger partial charge in [-0.05, 0) is 35.1 Å². The third-order valence-electron chi connectivity index (χ3n) is 19.0. The Labute approximate surface area is 737 Å².